The second-order valence-electron chi connectivity index (χ2n) is 7.51. The molecular formula is C23H21F3N4O2. The molecule has 0 spiro atoms. The maximum absolute atomic E-state index is 13.3. The number of aromatic nitrogens is 2. The van der Waals surface area contributed by atoms with E-state index in [-0.39, 0.29) is 30.0 Å². The Hall–Kier alpha value is -3.62. The third-order valence-corrected chi connectivity index (χ3v) is 5.33. The minimum atomic E-state index is -4.50. The Morgan fingerprint density at radius 1 is 1.03 bits per heavy atom. The highest BCUT2D eigenvalue weighted by Crippen LogP contribution is 2.32. The summed E-state index contributed by atoms with van der Waals surface area (Å²) in [6.45, 7) is 0.749. The Kier molecular flexibility index (Phi) is 5.98. The molecule has 32 heavy (non-hydrogen) atoms. The van der Waals surface area contributed by atoms with Crippen LogP contribution in [0, 0.1) is 0 Å². The predicted octanol–water partition coefficient (Wildman–Crippen LogP) is 3.53. The number of benzene rings is 2. The smallest absolute Gasteiger partial charge is 0.350 e. The monoisotopic (exact) mass is 442 g/mol. The van der Waals surface area contributed by atoms with Gasteiger partial charge in [-0.3, -0.25) is 14.3 Å². The highest BCUT2D eigenvalue weighted by molar-refractivity contribution is 5.98. The average Bonchev–Trinajstić information content (AvgIpc) is 3.21. The van der Waals surface area contributed by atoms with Gasteiger partial charge in [0.2, 0.25) is 0 Å². The summed E-state index contributed by atoms with van der Waals surface area (Å²) in [4.78, 5) is 26.7. The van der Waals surface area contributed by atoms with Gasteiger partial charge in [-0.15, -0.1) is 0 Å². The van der Waals surface area contributed by atoms with E-state index in [0.717, 1.165) is 11.6 Å². The van der Waals surface area contributed by atoms with Crippen molar-refractivity contribution < 1.29 is 22.8 Å². The molecule has 0 aliphatic carbocycles. The lowest BCUT2D eigenvalue weighted by Crippen LogP contribution is -2.40. The topological polar surface area (TPSA) is 67.2 Å². The number of halogens is 3. The van der Waals surface area contributed by atoms with Crippen molar-refractivity contribution in [3.8, 4) is 0 Å². The van der Waals surface area contributed by atoms with Crippen LogP contribution in [0.5, 0.6) is 0 Å². The van der Waals surface area contributed by atoms with Gasteiger partial charge in [0.1, 0.15) is 5.69 Å². The molecule has 1 aromatic heterocycles. The molecule has 0 radical (unpaired) electrons. The van der Waals surface area contributed by atoms with Crippen molar-refractivity contribution in [3.63, 3.8) is 0 Å². The molecule has 0 atom stereocenters. The molecule has 0 bridgehead atoms. The van der Waals surface area contributed by atoms with E-state index < -0.39 is 23.6 Å². The van der Waals surface area contributed by atoms with Gasteiger partial charge in [-0.25, -0.2) is 0 Å². The molecule has 2 aromatic carbocycles. The Morgan fingerprint density at radius 2 is 1.75 bits per heavy atom. The number of alkyl halides is 3. The van der Waals surface area contributed by atoms with Gasteiger partial charge in [0.05, 0.1) is 12.1 Å². The van der Waals surface area contributed by atoms with Gasteiger partial charge in [-0.05, 0) is 23.6 Å². The molecule has 0 fully saturated rings. The van der Waals surface area contributed by atoms with Crippen molar-refractivity contribution in [2.24, 2.45) is 0 Å². The minimum absolute atomic E-state index is 0.0280. The summed E-state index contributed by atoms with van der Waals surface area (Å²) in [6, 6.07) is 16.3. The first-order valence-corrected chi connectivity index (χ1v) is 10.2. The van der Waals surface area contributed by atoms with Crippen molar-refractivity contribution >= 4 is 11.8 Å². The second-order valence-corrected chi connectivity index (χ2v) is 7.51. The predicted molar refractivity (Wildman–Crippen MR) is 111 cm³/mol. The van der Waals surface area contributed by atoms with E-state index in [1.165, 1.54) is 33.8 Å². The zero-order chi connectivity index (χ0) is 22.7. The third-order valence-electron chi connectivity index (χ3n) is 5.33. The van der Waals surface area contributed by atoms with Gasteiger partial charge in [0, 0.05) is 25.7 Å². The number of nitrogens with one attached hydrogen (secondary N) is 1. The van der Waals surface area contributed by atoms with E-state index in [2.05, 4.69) is 10.4 Å². The maximum atomic E-state index is 13.3. The van der Waals surface area contributed by atoms with Gasteiger partial charge >= 0.3 is 6.18 Å². The number of carbonyl (C=O) groups is 2. The van der Waals surface area contributed by atoms with Crippen LogP contribution in [0.1, 0.15) is 37.7 Å². The molecule has 1 aliphatic rings. The first-order chi connectivity index (χ1) is 15.3. The fraction of sp³-hybridized carbons (Fsp3) is 0.261. The molecule has 9 heteroatoms. The van der Waals surface area contributed by atoms with Crippen LogP contribution in [0.3, 0.4) is 0 Å². The van der Waals surface area contributed by atoms with Gasteiger partial charge in [-0.2, -0.15) is 18.3 Å². The number of carbonyl (C=O) groups excluding carboxylic acids is 2. The van der Waals surface area contributed by atoms with E-state index in [1.807, 2.05) is 30.3 Å². The van der Waals surface area contributed by atoms with Crippen LogP contribution >= 0.6 is 0 Å². The fourth-order valence-electron chi connectivity index (χ4n) is 3.70. The van der Waals surface area contributed by atoms with Gasteiger partial charge in [0.25, 0.3) is 11.8 Å². The molecule has 0 saturated carbocycles. The lowest BCUT2D eigenvalue weighted by Gasteiger charge is -2.28. The molecule has 1 aliphatic heterocycles. The van der Waals surface area contributed by atoms with Crippen molar-refractivity contribution in [1.82, 2.24) is 20.0 Å². The van der Waals surface area contributed by atoms with Crippen LogP contribution in [0.15, 0.2) is 60.7 Å². The lowest BCUT2D eigenvalue weighted by atomic mass is 10.1. The van der Waals surface area contributed by atoms with Crippen LogP contribution in [0.4, 0.5) is 13.2 Å². The highest BCUT2D eigenvalue weighted by Gasteiger charge is 2.35. The maximum Gasteiger partial charge on any atom is 0.416 e. The summed E-state index contributed by atoms with van der Waals surface area (Å²) in [5.74, 6) is -0.853. The summed E-state index contributed by atoms with van der Waals surface area (Å²) < 4.78 is 41.3. The molecule has 6 nitrogen and oxygen atoms in total. The molecule has 3 aromatic rings. The molecule has 2 amide bonds. The van der Waals surface area contributed by atoms with Gasteiger partial charge in [0.15, 0.2) is 5.69 Å². The molecular weight excluding hydrogens is 421 g/mol. The van der Waals surface area contributed by atoms with Crippen LogP contribution in [0.2, 0.25) is 0 Å². The van der Waals surface area contributed by atoms with Crippen LogP contribution < -0.4 is 5.32 Å². The van der Waals surface area contributed by atoms with E-state index >= 15 is 0 Å². The quantitative estimate of drug-likeness (QED) is 0.635. The van der Waals surface area contributed by atoms with Crippen LogP contribution in [0.25, 0.3) is 0 Å². The second kappa shape index (κ2) is 8.86. The minimum Gasteiger partial charge on any atom is -0.350 e. The zero-order valence-corrected chi connectivity index (χ0v) is 17.1. The number of rotatable bonds is 6. The van der Waals surface area contributed by atoms with Crippen LogP contribution in [-0.2, 0) is 25.7 Å². The number of amides is 2. The summed E-state index contributed by atoms with van der Waals surface area (Å²) in [6.07, 6.45) is -3.84. The molecule has 0 unspecified atom stereocenters. The summed E-state index contributed by atoms with van der Waals surface area (Å²) in [5, 5.41) is 6.98. The number of hydrogen-bond acceptors (Lipinski definition) is 3. The molecule has 1 N–H and O–H groups in total. The normalized spacial score (nSPS) is 13.7. The molecule has 0 saturated heterocycles. The Morgan fingerprint density at radius 3 is 2.50 bits per heavy atom. The van der Waals surface area contributed by atoms with Crippen molar-refractivity contribution in [1.29, 1.82) is 0 Å². The fourth-order valence-corrected chi connectivity index (χ4v) is 3.70. The summed E-state index contributed by atoms with van der Waals surface area (Å²) >= 11 is 0. The highest BCUT2D eigenvalue weighted by atomic mass is 19.4. The largest absolute Gasteiger partial charge is 0.416 e. The number of nitrogens with zero attached hydrogens (tertiary/aromatic N) is 3. The van der Waals surface area contributed by atoms with Gasteiger partial charge < -0.3 is 10.2 Å². The van der Waals surface area contributed by atoms with E-state index in [0.29, 0.717) is 19.5 Å². The van der Waals surface area contributed by atoms with Crippen LogP contribution in [-0.4, -0.2) is 39.6 Å². The Balaban J connectivity index is 1.43. The summed E-state index contributed by atoms with van der Waals surface area (Å²) in [7, 11) is 0. The zero-order valence-electron chi connectivity index (χ0n) is 17.1. The molecule has 4 rings (SSSR count). The number of hydrogen-bond donors (Lipinski definition) is 1. The lowest BCUT2D eigenvalue weighted by molar-refractivity contribution is -0.138. The first kappa shape index (κ1) is 21.6. The van der Waals surface area contributed by atoms with Gasteiger partial charge in [-0.1, -0.05) is 48.5 Å². The Labute approximate surface area is 182 Å². The molecule has 166 valence electrons. The molecule has 2 heterocycles. The number of fused-ring (bicyclic) bond motifs is 1. The van der Waals surface area contributed by atoms with Crippen molar-refractivity contribution in [2.45, 2.75) is 25.7 Å². The van der Waals surface area contributed by atoms with Crippen molar-refractivity contribution in [3.05, 3.63) is 88.7 Å². The summed E-state index contributed by atoms with van der Waals surface area (Å²) in [5.41, 5.74) is 0.653. The van der Waals surface area contributed by atoms with Crippen molar-refractivity contribution in [2.75, 3.05) is 13.1 Å². The van der Waals surface area contributed by atoms with E-state index in [4.69, 9.17) is 0 Å². The van der Waals surface area contributed by atoms with E-state index in [9.17, 15) is 22.8 Å². The standard InChI is InChI=1S/C23H21F3N4O2/c24-23(25,26)18-9-5-4-8-17(18)15-29-12-13-30-20(22(29)32)14-19(28-30)21(31)27-11-10-16-6-2-1-3-7-16/h1-9,14H,10-13,15H2,(H,27,31). The average molecular weight is 442 g/mol. The third kappa shape index (κ3) is 4.66. The Bertz CT molecular complexity index is 1130. The first-order valence-electron chi connectivity index (χ1n) is 10.2. The van der Waals surface area contributed by atoms with E-state index in [1.54, 1.807) is 0 Å². The SMILES string of the molecule is O=C(NCCc1ccccc1)c1cc2n(n1)CCN(Cc1ccccc1C(F)(F)F)C2=O.